The Labute approximate surface area is 215 Å². The van der Waals surface area contributed by atoms with Gasteiger partial charge < -0.3 is 19.9 Å². The van der Waals surface area contributed by atoms with Crippen molar-refractivity contribution in [2.75, 3.05) is 49.6 Å². The van der Waals surface area contributed by atoms with Crippen molar-refractivity contribution in [1.29, 1.82) is 0 Å². The summed E-state index contributed by atoms with van der Waals surface area (Å²) in [7, 11) is 0. The number of morpholine rings is 1. The van der Waals surface area contributed by atoms with Crippen LogP contribution >= 0.6 is 0 Å². The molecule has 2 saturated heterocycles. The summed E-state index contributed by atoms with van der Waals surface area (Å²) in [6.07, 6.45) is 6.90. The van der Waals surface area contributed by atoms with E-state index in [2.05, 4.69) is 16.3 Å². The van der Waals surface area contributed by atoms with Crippen molar-refractivity contribution in [3.05, 3.63) is 71.8 Å². The molecule has 0 spiro atoms. The van der Waals surface area contributed by atoms with E-state index < -0.39 is 11.8 Å². The van der Waals surface area contributed by atoms with E-state index >= 15 is 0 Å². The number of fused-ring (bicyclic) bond motifs is 1. The number of hydrogen-bond donors (Lipinski definition) is 1. The first-order valence-electron chi connectivity index (χ1n) is 12.7. The summed E-state index contributed by atoms with van der Waals surface area (Å²) in [6, 6.07) is 16.6. The molecule has 0 saturated carbocycles. The largest absolute Gasteiger partial charge is 0.378 e. The van der Waals surface area contributed by atoms with Crippen LogP contribution in [0.5, 0.6) is 0 Å². The van der Waals surface area contributed by atoms with Crippen molar-refractivity contribution in [2.45, 2.75) is 19.3 Å². The zero-order valence-corrected chi connectivity index (χ0v) is 20.7. The summed E-state index contributed by atoms with van der Waals surface area (Å²) in [6.45, 7) is 3.58. The Morgan fingerprint density at radius 2 is 1.62 bits per heavy atom. The first kappa shape index (κ1) is 24.6. The topological polar surface area (TPSA) is 91.8 Å². The molecule has 2 fully saturated rings. The molecule has 0 aliphatic carbocycles. The van der Waals surface area contributed by atoms with E-state index in [1.165, 1.54) is 11.3 Å². The third kappa shape index (κ3) is 5.86. The number of amides is 2. The molecule has 1 N–H and O–H groups in total. The standard InChI is InChI=1S/C29H30N4O4/c34-26(21-8-11-24(12-9-21)30-28(35)29(36)33-16-18-37-19-17-33)13-10-23-20-22-6-2-3-7-25(22)31-27(23)32-14-4-1-5-15-32/h2-3,6-13,20H,1,4-5,14-19H2,(H,30,35). The third-order valence-corrected chi connectivity index (χ3v) is 6.72. The highest BCUT2D eigenvalue weighted by Gasteiger charge is 2.23. The molecule has 8 heteroatoms. The van der Waals surface area contributed by atoms with Crippen LogP contribution < -0.4 is 10.2 Å². The van der Waals surface area contributed by atoms with Gasteiger partial charge in [0.15, 0.2) is 5.78 Å². The van der Waals surface area contributed by atoms with Crippen molar-refractivity contribution >= 4 is 46.1 Å². The predicted octanol–water partition coefficient (Wildman–Crippen LogP) is 3.92. The van der Waals surface area contributed by atoms with Crippen LogP contribution in [0.15, 0.2) is 60.7 Å². The van der Waals surface area contributed by atoms with Crippen LogP contribution in [0.25, 0.3) is 17.0 Å². The Morgan fingerprint density at radius 1 is 0.892 bits per heavy atom. The van der Waals surface area contributed by atoms with Gasteiger partial charge in [-0.1, -0.05) is 18.2 Å². The van der Waals surface area contributed by atoms with Gasteiger partial charge in [-0.2, -0.15) is 0 Å². The second-order valence-electron chi connectivity index (χ2n) is 9.28. The molecular formula is C29H30N4O4. The number of ether oxygens (including phenoxy) is 1. The fourth-order valence-electron chi connectivity index (χ4n) is 4.68. The molecule has 0 bridgehead atoms. The second-order valence-corrected chi connectivity index (χ2v) is 9.28. The summed E-state index contributed by atoms with van der Waals surface area (Å²) in [4.78, 5) is 46.3. The number of rotatable bonds is 5. The highest BCUT2D eigenvalue weighted by Crippen LogP contribution is 2.27. The Bertz CT molecular complexity index is 1320. The molecule has 2 aliphatic rings. The number of allylic oxidation sites excluding steroid dienone is 1. The number of benzene rings is 2. The second kappa shape index (κ2) is 11.3. The summed E-state index contributed by atoms with van der Waals surface area (Å²) >= 11 is 0. The van der Waals surface area contributed by atoms with Gasteiger partial charge in [-0.15, -0.1) is 0 Å². The van der Waals surface area contributed by atoms with Crippen LogP contribution in [0, 0.1) is 0 Å². The molecule has 0 unspecified atom stereocenters. The smallest absolute Gasteiger partial charge is 0.313 e. The maximum Gasteiger partial charge on any atom is 0.313 e. The van der Waals surface area contributed by atoms with Crippen molar-refractivity contribution in [3.8, 4) is 0 Å². The Hall–Kier alpha value is -4.04. The number of ketones is 1. The van der Waals surface area contributed by atoms with Crippen LogP contribution in [0.1, 0.15) is 35.2 Å². The quantitative estimate of drug-likeness (QED) is 0.326. The van der Waals surface area contributed by atoms with Gasteiger partial charge in [0, 0.05) is 48.4 Å². The first-order chi connectivity index (χ1) is 18.1. The highest BCUT2D eigenvalue weighted by molar-refractivity contribution is 6.39. The number of carbonyl (C=O) groups is 3. The van der Waals surface area contributed by atoms with Gasteiger partial charge in [0.05, 0.1) is 18.7 Å². The molecular weight excluding hydrogens is 468 g/mol. The van der Waals surface area contributed by atoms with E-state index in [-0.39, 0.29) is 5.78 Å². The molecule has 5 rings (SSSR count). The van der Waals surface area contributed by atoms with Crippen molar-refractivity contribution in [3.63, 3.8) is 0 Å². The molecule has 2 aliphatic heterocycles. The number of nitrogens with zero attached hydrogens (tertiary/aromatic N) is 3. The maximum atomic E-state index is 12.9. The fraction of sp³-hybridized carbons (Fsp3) is 0.310. The van der Waals surface area contributed by atoms with Gasteiger partial charge in [-0.3, -0.25) is 14.4 Å². The van der Waals surface area contributed by atoms with Crippen LogP contribution in [-0.4, -0.2) is 66.9 Å². The fourth-order valence-corrected chi connectivity index (χ4v) is 4.68. The van der Waals surface area contributed by atoms with Crippen LogP contribution in [-0.2, 0) is 14.3 Å². The minimum atomic E-state index is -0.699. The number of anilines is 2. The Kier molecular flexibility index (Phi) is 7.56. The van der Waals surface area contributed by atoms with Gasteiger partial charge in [-0.05, 0) is 67.8 Å². The zero-order chi connectivity index (χ0) is 25.6. The lowest BCUT2D eigenvalue weighted by atomic mass is 10.1. The lowest BCUT2D eigenvalue weighted by Gasteiger charge is -2.29. The van der Waals surface area contributed by atoms with Crippen LogP contribution in [0.3, 0.4) is 0 Å². The molecule has 3 heterocycles. The maximum absolute atomic E-state index is 12.9. The average molecular weight is 499 g/mol. The molecule has 1 aromatic heterocycles. The minimum Gasteiger partial charge on any atom is -0.378 e. The van der Waals surface area contributed by atoms with Gasteiger partial charge in [-0.25, -0.2) is 4.98 Å². The zero-order valence-electron chi connectivity index (χ0n) is 20.7. The van der Waals surface area contributed by atoms with Gasteiger partial charge >= 0.3 is 11.8 Å². The van der Waals surface area contributed by atoms with Gasteiger partial charge in [0.25, 0.3) is 0 Å². The Morgan fingerprint density at radius 3 is 2.38 bits per heavy atom. The molecule has 190 valence electrons. The summed E-state index contributed by atoms with van der Waals surface area (Å²) in [5.74, 6) is -0.528. The predicted molar refractivity (Wildman–Crippen MR) is 144 cm³/mol. The van der Waals surface area contributed by atoms with E-state index in [1.54, 1.807) is 30.3 Å². The lowest BCUT2D eigenvalue weighted by molar-refractivity contribution is -0.145. The average Bonchev–Trinajstić information content (AvgIpc) is 2.96. The molecule has 3 aromatic rings. The Balaban J connectivity index is 1.29. The summed E-state index contributed by atoms with van der Waals surface area (Å²) in [5, 5.41) is 3.64. The number of hydrogen-bond acceptors (Lipinski definition) is 6. The SMILES string of the molecule is O=C(Nc1ccc(C(=O)C=Cc2cc3ccccc3nc2N2CCCCC2)cc1)C(=O)N1CCOCC1. The third-order valence-electron chi connectivity index (χ3n) is 6.72. The van der Waals surface area contributed by atoms with E-state index in [0.29, 0.717) is 37.6 Å². The molecule has 0 radical (unpaired) electrons. The van der Waals surface area contributed by atoms with Crippen molar-refractivity contribution < 1.29 is 19.1 Å². The molecule has 8 nitrogen and oxygen atoms in total. The molecule has 2 aromatic carbocycles. The van der Waals surface area contributed by atoms with E-state index in [1.807, 2.05) is 30.3 Å². The number of nitrogens with one attached hydrogen (secondary N) is 1. The summed E-state index contributed by atoms with van der Waals surface area (Å²) in [5.41, 5.74) is 2.80. The van der Waals surface area contributed by atoms with Crippen LogP contribution in [0.2, 0.25) is 0 Å². The number of carbonyl (C=O) groups excluding carboxylic acids is 3. The molecule has 0 atom stereocenters. The van der Waals surface area contributed by atoms with Gasteiger partial charge in [0.1, 0.15) is 5.82 Å². The number of aromatic nitrogens is 1. The van der Waals surface area contributed by atoms with Crippen molar-refractivity contribution in [1.82, 2.24) is 9.88 Å². The first-order valence-corrected chi connectivity index (χ1v) is 12.7. The number of para-hydroxylation sites is 1. The normalized spacial score (nSPS) is 16.2. The number of piperidine rings is 1. The monoisotopic (exact) mass is 498 g/mol. The number of pyridine rings is 1. The van der Waals surface area contributed by atoms with Crippen LogP contribution in [0.4, 0.5) is 11.5 Å². The highest BCUT2D eigenvalue weighted by atomic mass is 16.5. The van der Waals surface area contributed by atoms with Crippen molar-refractivity contribution in [2.24, 2.45) is 0 Å². The molecule has 2 amide bonds. The minimum absolute atomic E-state index is 0.153. The van der Waals surface area contributed by atoms with E-state index in [4.69, 9.17) is 9.72 Å². The van der Waals surface area contributed by atoms with E-state index in [9.17, 15) is 14.4 Å². The lowest BCUT2D eigenvalue weighted by Crippen LogP contribution is -2.45. The van der Waals surface area contributed by atoms with Gasteiger partial charge in [0.2, 0.25) is 0 Å². The molecule has 37 heavy (non-hydrogen) atoms. The summed E-state index contributed by atoms with van der Waals surface area (Å²) < 4.78 is 5.22. The van der Waals surface area contributed by atoms with E-state index in [0.717, 1.165) is 48.2 Å².